The number of hydrogen-bond donors (Lipinski definition) is 1. The quantitative estimate of drug-likeness (QED) is 0.140. The van der Waals surface area contributed by atoms with Crippen molar-refractivity contribution >= 4 is 35.7 Å². The monoisotopic (exact) mass is 507 g/mol. The average Bonchev–Trinajstić information content (AvgIpc) is 2.66. The van der Waals surface area contributed by atoms with Crippen molar-refractivity contribution in [1.82, 2.24) is 0 Å². The van der Waals surface area contributed by atoms with E-state index in [1.165, 1.54) is 6.42 Å². The number of benzene rings is 1. The summed E-state index contributed by atoms with van der Waals surface area (Å²) in [7, 11) is 5.84. The Balaban J connectivity index is 2.32. The van der Waals surface area contributed by atoms with Crippen molar-refractivity contribution in [2.75, 3.05) is 47.5 Å². The Hall–Kier alpha value is -0.830. The van der Waals surface area contributed by atoms with Crippen LogP contribution in [0.5, 0.6) is 11.5 Å². The SMILES string of the molecule is CCCCCOc1cccc(OCCCCOP(=S)(S)O[C@H](CC(=O)[O-])C[N+](C)(C)C)c1. The molecule has 32 heavy (non-hydrogen) atoms. The molecule has 1 aromatic carbocycles. The van der Waals surface area contributed by atoms with E-state index in [-0.39, 0.29) is 6.42 Å². The van der Waals surface area contributed by atoms with Gasteiger partial charge in [-0.1, -0.05) is 38.1 Å². The number of quaternary nitrogens is 1. The molecule has 0 spiro atoms. The molecule has 10 heteroatoms. The van der Waals surface area contributed by atoms with Gasteiger partial charge < -0.3 is 32.9 Å². The van der Waals surface area contributed by atoms with Crippen LogP contribution in [0.3, 0.4) is 0 Å². The fourth-order valence-corrected chi connectivity index (χ4v) is 5.09. The fraction of sp³-hybridized carbons (Fsp3) is 0.682. The number of nitrogens with zero attached hydrogens (tertiary/aromatic N) is 1. The van der Waals surface area contributed by atoms with Crippen LogP contribution in [0.15, 0.2) is 24.3 Å². The second-order valence-electron chi connectivity index (χ2n) is 8.66. The van der Waals surface area contributed by atoms with Gasteiger partial charge in [-0.2, -0.15) is 0 Å². The topological polar surface area (TPSA) is 77.0 Å². The Morgan fingerprint density at radius 2 is 1.66 bits per heavy atom. The number of thiol groups is 1. The van der Waals surface area contributed by atoms with Gasteiger partial charge in [-0.25, -0.2) is 0 Å². The molecule has 0 amide bonds. The number of carbonyl (C=O) groups is 1. The van der Waals surface area contributed by atoms with Crippen LogP contribution in [0, 0.1) is 0 Å². The minimum Gasteiger partial charge on any atom is -0.550 e. The lowest BCUT2D eigenvalue weighted by Crippen LogP contribution is -2.44. The smallest absolute Gasteiger partial charge is 0.244 e. The van der Waals surface area contributed by atoms with Crippen LogP contribution >= 0.6 is 17.9 Å². The fourth-order valence-electron chi connectivity index (χ4n) is 2.92. The number of carboxylic acid groups (broad SMARTS) is 1. The molecule has 1 unspecified atom stereocenters. The minimum atomic E-state index is -2.85. The second kappa shape index (κ2) is 15.1. The van der Waals surface area contributed by atoms with Gasteiger partial charge in [0.2, 0.25) is 5.69 Å². The first-order valence-electron chi connectivity index (χ1n) is 11.0. The molecule has 7 nitrogen and oxygen atoms in total. The molecular weight excluding hydrogens is 469 g/mol. The van der Waals surface area contributed by atoms with Crippen molar-refractivity contribution in [3.05, 3.63) is 24.3 Å². The predicted molar refractivity (Wildman–Crippen MR) is 133 cm³/mol. The lowest BCUT2D eigenvalue weighted by atomic mass is 10.2. The van der Waals surface area contributed by atoms with Crippen molar-refractivity contribution < 1.29 is 32.9 Å². The van der Waals surface area contributed by atoms with Crippen molar-refractivity contribution in [1.29, 1.82) is 0 Å². The molecule has 1 rings (SSSR count). The molecule has 0 bridgehead atoms. The molecule has 0 aromatic heterocycles. The number of ether oxygens (including phenoxy) is 2. The Kier molecular flexibility index (Phi) is 13.8. The Morgan fingerprint density at radius 1 is 1.09 bits per heavy atom. The maximum atomic E-state index is 11.0. The standard InChI is InChI=1S/C22H38NO6PS2/c1-5-6-7-13-26-19-11-10-12-20(16-19)27-14-8-9-15-28-30(31,32)29-21(17-22(24)25)18-23(2,3)4/h10-12,16,21H,5-9,13-15,17-18H2,1-4H3,(H-,24,25,31,32)/t21-/m1/s1. The third-order valence-corrected chi connectivity index (χ3v) is 6.59. The maximum Gasteiger partial charge on any atom is 0.244 e. The van der Waals surface area contributed by atoms with Crippen molar-refractivity contribution in [2.24, 2.45) is 0 Å². The molecule has 0 aliphatic carbocycles. The van der Waals surface area contributed by atoms with Gasteiger partial charge in [0.15, 0.2) is 0 Å². The van der Waals surface area contributed by atoms with Crippen LogP contribution in [0.4, 0.5) is 0 Å². The van der Waals surface area contributed by atoms with E-state index < -0.39 is 17.8 Å². The second-order valence-corrected chi connectivity index (χ2v) is 13.9. The summed E-state index contributed by atoms with van der Waals surface area (Å²) in [6.07, 6.45) is 4.02. The van der Waals surface area contributed by atoms with Crippen LogP contribution in [0.1, 0.15) is 45.4 Å². The highest BCUT2D eigenvalue weighted by molar-refractivity contribution is 8.60. The number of carboxylic acids is 1. The number of carbonyl (C=O) groups excluding carboxylic acids is 1. The molecule has 0 aliphatic rings. The van der Waals surface area contributed by atoms with Gasteiger partial charge in [0.1, 0.15) is 24.1 Å². The van der Waals surface area contributed by atoms with E-state index in [1.54, 1.807) is 0 Å². The summed E-state index contributed by atoms with van der Waals surface area (Å²) < 4.78 is 23.5. The van der Waals surface area contributed by atoms with E-state index in [0.717, 1.165) is 37.2 Å². The lowest BCUT2D eigenvalue weighted by molar-refractivity contribution is -0.873. The summed E-state index contributed by atoms with van der Waals surface area (Å²) in [5.74, 6) is 0.404. The molecule has 0 N–H and O–H groups in total. The van der Waals surface area contributed by atoms with Gasteiger partial charge in [-0.15, -0.1) is 0 Å². The number of likely N-dealkylation sites (N-methyl/N-ethyl adjacent to an activating group) is 1. The minimum absolute atomic E-state index is 0.243. The zero-order valence-corrected chi connectivity index (χ0v) is 22.3. The van der Waals surface area contributed by atoms with Crippen LogP contribution in [0.2, 0.25) is 0 Å². The highest BCUT2D eigenvalue weighted by atomic mass is 32.9. The van der Waals surface area contributed by atoms with Crippen molar-refractivity contribution in [3.8, 4) is 11.5 Å². The van der Waals surface area contributed by atoms with Gasteiger partial charge in [0.05, 0.1) is 41.0 Å². The maximum absolute atomic E-state index is 11.0. The number of unbranched alkanes of at least 4 members (excludes halogenated alkanes) is 3. The van der Waals surface area contributed by atoms with Crippen LogP contribution in [0.25, 0.3) is 0 Å². The Labute approximate surface area is 203 Å². The summed E-state index contributed by atoms with van der Waals surface area (Å²) in [4.78, 5) is 11.0. The van der Waals surface area contributed by atoms with E-state index in [4.69, 9.17) is 30.3 Å². The lowest BCUT2D eigenvalue weighted by Gasteiger charge is -2.31. The summed E-state index contributed by atoms with van der Waals surface area (Å²) >= 11 is 9.70. The molecule has 2 atom stereocenters. The van der Waals surface area contributed by atoms with Gasteiger partial charge in [0.25, 0.3) is 0 Å². The molecule has 0 fully saturated rings. The highest BCUT2D eigenvalue weighted by Gasteiger charge is 2.25. The van der Waals surface area contributed by atoms with Crippen LogP contribution in [-0.2, 0) is 25.6 Å². The molecule has 0 saturated heterocycles. The molecule has 1 aromatic rings. The van der Waals surface area contributed by atoms with Gasteiger partial charge in [-0.3, -0.25) is 0 Å². The van der Waals surface area contributed by atoms with E-state index in [0.29, 0.717) is 30.8 Å². The third-order valence-electron chi connectivity index (χ3n) is 4.31. The molecular formula is C22H38NO6PS2. The first-order chi connectivity index (χ1) is 15.0. The van der Waals surface area contributed by atoms with Crippen LogP contribution in [-0.4, -0.2) is 64.1 Å². The zero-order valence-electron chi connectivity index (χ0n) is 19.7. The molecule has 184 valence electrons. The Morgan fingerprint density at radius 3 is 2.19 bits per heavy atom. The molecule has 0 aliphatic heterocycles. The zero-order chi connectivity index (χ0) is 24.0. The number of aliphatic carboxylic acids is 1. The summed E-state index contributed by atoms with van der Waals surface area (Å²) in [5.41, 5.74) is -2.85. The number of rotatable bonds is 18. The van der Waals surface area contributed by atoms with Crippen molar-refractivity contribution in [3.63, 3.8) is 0 Å². The van der Waals surface area contributed by atoms with Crippen molar-refractivity contribution in [2.45, 2.75) is 51.6 Å². The molecule has 0 radical (unpaired) electrons. The summed E-state index contributed by atoms with van der Waals surface area (Å²) in [6, 6.07) is 7.65. The van der Waals surface area contributed by atoms with E-state index in [9.17, 15) is 9.90 Å². The largest absolute Gasteiger partial charge is 0.550 e. The van der Waals surface area contributed by atoms with E-state index in [1.807, 2.05) is 45.4 Å². The summed E-state index contributed by atoms with van der Waals surface area (Å²) in [6.45, 7) is 4.25. The normalized spacial score (nSPS) is 14.5. The molecule has 0 heterocycles. The first-order valence-corrected chi connectivity index (χ1v) is 14.8. The van der Waals surface area contributed by atoms with E-state index in [2.05, 4.69) is 19.2 Å². The first kappa shape index (κ1) is 29.2. The van der Waals surface area contributed by atoms with Crippen LogP contribution < -0.4 is 14.6 Å². The van der Waals surface area contributed by atoms with Gasteiger partial charge in [-0.05, 0) is 43.2 Å². The van der Waals surface area contributed by atoms with Gasteiger partial charge in [0, 0.05) is 18.5 Å². The molecule has 0 saturated carbocycles. The Bertz CT molecular complexity index is 729. The number of hydrogen-bond acceptors (Lipinski definition) is 7. The average molecular weight is 508 g/mol. The predicted octanol–water partition coefficient (Wildman–Crippen LogP) is 3.82. The highest BCUT2D eigenvalue weighted by Crippen LogP contribution is 2.54. The van der Waals surface area contributed by atoms with E-state index >= 15 is 0 Å². The summed E-state index contributed by atoms with van der Waals surface area (Å²) in [5, 5.41) is 11.0. The van der Waals surface area contributed by atoms with Gasteiger partial charge >= 0.3 is 0 Å². The third kappa shape index (κ3) is 15.1.